The molecule has 2 aromatic rings. The van der Waals surface area contributed by atoms with Crippen LogP contribution in [0.1, 0.15) is 9.67 Å². The van der Waals surface area contributed by atoms with E-state index >= 15 is 0 Å². The lowest BCUT2D eigenvalue weighted by molar-refractivity contribution is 0.103. The molecule has 0 fully saturated rings. The first-order valence-electron chi connectivity index (χ1n) is 4.42. The highest BCUT2D eigenvalue weighted by Gasteiger charge is 2.11. The summed E-state index contributed by atoms with van der Waals surface area (Å²) in [6, 6.07) is 5.18. The molecule has 4 nitrogen and oxygen atoms in total. The van der Waals surface area contributed by atoms with Gasteiger partial charge in [0.15, 0.2) is 0 Å². The van der Waals surface area contributed by atoms with E-state index in [2.05, 4.69) is 26.2 Å². The van der Waals surface area contributed by atoms with Gasteiger partial charge in [0.1, 0.15) is 10.7 Å². The molecular formula is C10H8BrN3OS. The fourth-order valence-electron chi connectivity index (χ4n) is 1.12. The lowest BCUT2D eigenvalue weighted by Crippen LogP contribution is -2.10. The van der Waals surface area contributed by atoms with E-state index in [0.29, 0.717) is 16.4 Å². The van der Waals surface area contributed by atoms with Gasteiger partial charge in [-0.05, 0) is 39.5 Å². The third-order valence-corrected chi connectivity index (χ3v) is 3.70. The van der Waals surface area contributed by atoms with Crippen LogP contribution in [0.2, 0.25) is 0 Å². The molecular weight excluding hydrogens is 290 g/mol. The number of nitrogens with two attached hydrogens (primary N) is 1. The SMILES string of the molecule is Nc1ccc(NC(=O)c2sccc2Br)cn1. The lowest BCUT2D eigenvalue weighted by Gasteiger charge is -2.03. The number of halogens is 1. The molecule has 0 spiro atoms. The van der Waals surface area contributed by atoms with E-state index in [1.807, 2.05) is 11.4 Å². The molecule has 2 aromatic heterocycles. The molecule has 6 heteroatoms. The Kier molecular flexibility index (Phi) is 3.21. The van der Waals surface area contributed by atoms with E-state index < -0.39 is 0 Å². The molecule has 2 heterocycles. The third-order valence-electron chi connectivity index (χ3n) is 1.87. The highest BCUT2D eigenvalue weighted by molar-refractivity contribution is 9.10. The van der Waals surface area contributed by atoms with Crippen LogP contribution in [-0.4, -0.2) is 10.9 Å². The lowest BCUT2D eigenvalue weighted by atomic mass is 10.3. The van der Waals surface area contributed by atoms with Gasteiger partial charge in [0.2, 0.25) is 0 Å². The van der Waals surface area contributed by atoms with E-state index in [4.69, 9.17) is 5.73 Å². The number of hydrogen-bond donors (Lipinski definition) is 2. The number of anilines is 2. The molecule has 0 radical (unpaired) electrons. The molecule has 0 atom stereocenters. The molecule has 0 aliphatic rings. The summed E-state index contributed by atoms with van der Waals surface area (Å²) in [5.74, 6) is 0.267. The summed E-state index contributed by atoms with van der Waals surface area (Å²) in [6.07, 6.45) is 1.52. The maximum absolute atomic E-state index is 11.8. The minimum Gasteiger partial charge on any atom is -0.384 e. The van der Waals surface area contributed by atoms with E-state index in [9.17, 15) is 4.79 Å². The highest BCUT2D eigenvalue weighted by atomic mass is 79.9. The smallest absolute Gasteiger partial charge is 0.266 e. The Labute approximate surface area is 105 Å². The first-order valence-corrected chi connectivity index (χ1v) is 6.10. The van der Waals surface area contributed by atoms with Crippen molar-refractivity contribution >= 4 is 44.7 Å². The number of amides is 1. The van der Waals surface area contributed by atoms with Gasteiger partial charge in [0.05, 0.1) is 11.9 Å². The number of nitrogens with zero attached hydrogens (tertiary/aromatic N) is 1. The molecule has 0 aliphatic heterocycles. The number of rotatable bonds is 2. The van der Waals surface area contributed by atoms with Crippen LogP contribution in [0.4, 0.5) is 11.5 Å². The molecule has 1 amide bonds. The number of hydrogen-bond acceptors (Lipinski definition) is 4. The zero-order valence-electron chi connectivity index (χ0n) is 8.11. The zero-order valence-corrected chi connectivity index (χ0v) is 10.5. The average molecular weight is 298 g/mol. The fourth-order valence-corrected chi connectivity index (χ4v) is 2.57. The molecule has 0 unspecified atom stereocenters. The summed E-state index contributed by atoms with van der Waals surface area (Å²) in [5.41, 5.74) is 6.07. The summed E-state index contributed by atoms with van der Waals surface area (Å²) in [4.78, 5) is 16.3. The second-order valence-corrected chi connectivity index (χ2v) is 4.79. The Hall–Kier alpha value is -1.40. The Morgan fingerprint density at radius 2 is 2.25 bits per heavy atom. The number of thiophene rings is 1. The molecule has 0 aliphatic carbocycles. The summed E-state index contributed by atoms with van der Waals surface area (Å²) in [5, 5.41) is 4.58. The first-order chi connectivity index (χ1) is 7.66. The van der Waals surface area contributed by atoms with Gasteiger partial charge in [0.25, 0.3) is 5.91 Å². The van der Waals surface area contributed by atoms with Crippen LogP contribution in [-0.2, 0) is 0 Å². The number of aromatic nitrogens is 1. The van der Waals surface area contributed by atoms with Gasteiger partial charge in [-0.2, -0.15) is 0 Å². The van der Waals surface area contributed by atoms with Crippen LogP contribution < -0.4 is 11.1 Å². The van der Waals surface area contributed by atoms with Crippen molar-refractivity contribution in [3.8, 4) is 0 Å². The van der Waals surface area contributed by atoms with Crippen LogP contribution in [0, 0.1) is 0 Å². The summed E-state index contributed by atoms with van der Waals surface area (Å²) < 4.78 is 0.790. The van der Waals surface area contributed by atoms with Crippen molar-refractivity contribution in [2.45, 2.75) is 0 Å². The summed E-state index contributed by atoms with van der Waals surface area (Å²) >= 11 is 4.68. The monoisotopic (exact) mass is 297 g/mol. The summed E-state index contributed by atoms with van der Waals surface area (Å²) in [7, 11) is 0. The number of nitrogen functional groups attached to an aromatic ring is 1. The number of carbonyl (C=O) groups is 1. The van der Waals surface area contributed by atoms with Crippen molar-refractivity contribution < 1.29 is 4.79 Å². The van der Waals surface area contributed by atoms with Gasteiger partial charge in [0, 0.05) is 4.47 Å². The Morgan fingerprint density at radius 3 is 2.81 bits per heavy atom. The highest BCUT2D eigenvalue weighted by Crippen LogP contribution is 2.23. The third kappa shape index (κ3) is 2.40. The van der Waals surface area contributed by atoms with Gasteiger partial charge in [-0.15, -0.1) is 11.3 Å². The van der Waals surface area contributed by atoms with Gasteiger partial charge in [-0.3, -0.25) is 4.79 Å². The van der Waals surface area contributed by atoms with Crippen LogP contribution in [0.25, 0.3) is 0 Å². The van der Waals surface area contributed by atoms with E-state index in [-0.39, 0.29) is 5.91 Å². The largest absolute Gasteiger partial charge is 0.384 e. The quantitative estimate of drug-likeness (QED) is 0.895. The van der Waals surface area contributed by atoms with Gasteiger partial charge in [-0.1, -0.05) is 0 Å². The standard InChI is InChI=1S/C10H8BrN3OS/c11-7-3-4-16-9(7)10(15)14-6-1-2-8(12)13-5-6/h1-5H,(H2,12,13)(H,14,15). The van der Waals surface area contributed by atoms with Crippen molar-refractivity contribution in [2.24, 2.45) is 0 Å². The van der Waals surface area contributed by atoms with E-state index in [0.717, 1.165) is 4.47 Å². The molecule has 0 saturated carbocycles. The second-order valence-electron chi connectivity index (χ2n) is 3.02. The zero-order chi connectivity index (χ0) is 11.5. The fraction of sp³-hybridized carbons (Fsp3) is 0. The predicted octanol–water partition coefficient (Wildman–Crippen LogP) is 2.74. The maximum atomic E-state index is 11.8. The Balaban J connectivity index is 2.14. The Morgan fingerprint density at radius 1 is 1.44 bits per heavy atom. The average Bonchev–Trinajstić information content (AvgIpc) is 2.68. The Bertz CT molecular complexity index is 509. The normalized spacial score (nSPS) is 10.1. The molecule has 0 bridgehead atoms. The molecule has 16 heavy (non-hydrogen) atoms. The van der Waals surface area contributed by atoms with E-state index in [1.165, 1.54) is 17.5 Å². The minimum absolute atomic E-state index is 0.159. The number of nitrogens with one attached hydrogen (secondary N) is 1. The van der Waals surface area contributed by atoms with Gasteiger partial charge in [-0.25, -0.2) is 4.98 Å². The van der Waals surface area contributed by atoms with Crippen LogP contribution >= 0.6 is 27.3 Å². The number of carbonyl (C=O) groups excluding carboxylic acids is 1. The van der Waals surface area contributed by atoms with Crippen molar-refractivity contribution in [1.29, 1.82) is 0 Å². The number of pyridine rings is 1. The minimum atomic E-state index is -0.159. The van der Waals surface area contributed by atoms with Crippen molar-refractivity contribution in [3.63, 3.8) is 0 Å². The first kappa shape index (κ1) is 11.1. The molecule has 3 N–H and O–H groups in total. The molecule has 2 rings (SSSR count). The van der Waals surface area contributed by atoms with Gasteiger partial charge < -0.3 is 11.1 Å². The molecule has 0 saturated heterocycles. The summed E-state index contributed by atoms with van der Waals surface area (Å²) in [6.45, 7) is 0. The predicted molar refractivity (Wildman–Crippen MR) is 68.6 cm³/mol. The van der Waals surface area contributed by atoms with Crippen LogP contribution in [0.5, 0.6) is 0 Å². The second kappa shape index (κ2) is 4.63. The van der Waals surface area contributed by atoms with Crippen molar-refractivity contribution in [1.82, 2.24) is 4.98 Å². The topological polar surface area (TPSA) is 68.0 Å². The van der Waals surface area contributed by atoms with Crippen molar-refractivity contribution in [2.75, 3.05) is 11.1 Å². The maximum Gasteiger partial charge on any atom is 0.266 e. The van der Waals surface area contributed by atoms with E-state index in [1.54, 1.807) is 12.1 Å². The van der Waals surface area contributed by atoms with Crippen molar-refractivity contribution in [3.05, 3.63) is 39.1 Å². The van der Waals surface area contributed by atoms with Gasteiger partial charge >= 0.3 is 0 Å². The van der Waals surface area contributed by atoms with Crippen LogP contribution in [0.15, 0.2) is 34.2 Å². The molecule has 82 valence electrons. The molecule has 0 aromatic carbocycles. The van der Waals surface area contributed by atoms with Crippen LogP contribution in [0.3, 0.4) is 0 Å².